The molecule has 5 nitrogen and oxygen atoms in total. The second-order valence-electron chi connectivity index (χ2n) is 6.30. The Kier molecular flexibility index (Phi) is 10.0. The molecule has 1 aromatic carbocycles. The van der Waals surface area contributed by atoms with Gasteiger partial charge in [-0.05, 0) is 37.1 Å². The minimum absolute atomic E-state index is 0. The van der Waals surface area contributed by atoms with Gasteiger partial charge in [0.05, 0.1) is 17.8 Å². The predicted octanol–water partition coefficient (Wildman–Crippen LogP) is 4.54. The third kappa shape index (κ3) is 8.35. The van der Waals surface area contributed by atoms with Gasteiger partial charge in [0.1, 0.15) is 6.54 Å². The van der Waals surface area contributed by atoms with Gasteiger partial charge in [0.25, 0.3) is 0 Å². The lowest BCUT2D eigenvalue weighted by Gasteiger charge is -2.08. The predicted molar refractivity (Wildman–Crippen MR) is 117 cm³/mol. The highest BCUT2D eigenvalue weighted by molar-refractivity contribution is 14.0. The van der Waals surface area contributed by atoms with Gasteiger partial charge in [0.15, 0.2) is 11.7 Å². The van der Waals surface area contributed by atoms with Crippen LogP contribution >= 0.6 is 24.0 Å². The zero-order chi connectivity index (χ0) is 20.6. The van der Waals surface area contributed by atoms with Gasteiger partial charge in [0.2, 0.25) is 0 Å². The van der Waals surface area contributed by atoms with Crippen LogP contribution in [0.25, 0.3) is 0 Å². The molecule has 0 amide bonds. The van der Waals surface area contributed by atoms with Crippen LogP contribution in [0.1, 0.15) is 49.3 Å². The van der Waals surface area contributed by atoms with Crippen molar-refractivity contribution in [1.29, 1.82) is 0 Å². The number of rotatable bonds is 5. The van der Waals surface area contributed by atoms with Crippen LogP contribution in [-0.2, 0) is 12.7 Å². The minimum Gasteiger partial charge on any atom is -0.359 e. The molecular weight excluding hydrogens is 496 g/mol. The highest BCUT2D eigenvalue weighted by atomic mass is 127. The van der Waals surface area contributed by atoms with Crippen molar-refractivity contribution in [2.45, 2.75) is 39.4 Å². The number of halogens is 4. The third-order valence-corrected chi connectivity index (χ3v) is 3.70. The molecule has 2 rings (SSSR count). The van der Waals surface area contributed by atoms with Crippen LogP contribution in [0.4, 0.5) is 13.2 Å². The Labute approximate surface area is 185 Å². The second-order valence-corrected chi connectivity index (χ2v) is 6.30. The van der Waals surface area contributed by atoms with E-state index in [1.54, 1.807) is 0 Å². The molecule has 2 aromatic rings. The molecule has 0 radical (unpaired) electrons. The molecule has 0 saturated heterocycles. The molecule has 0 unspecified atom stereocenters. The SMILES string of the molecule is CCNC(=NCc1cc(C(C)C)no1)NCC#Cc1ccc(C(F)(F)F)cc1.I. The van der Waals surface area contributed by atoms with E-state index in [2.05, 4.69) is 32.6 Å². The summed E-state index contributed by atoms with van der Waals surface area (Å²) in [6.07, 6.45) is -4.34. The maximum Gasteiger partial charge on any atom is 0.416 e. The lowest BCUT2D eigenvalue weighted by molar-refractivity contribution is -0.137. The van der Waals surface area contributed by atoms with E-state index in [4.69, 9.17) is 4.52 Å². The lowest BCUT2D eigenvalue weighted by Crippen LogP contribution is -2.37. The summed E-state index contributed by atoms with van der Waals surface area (Å²) >= 11 is 0. The summed E-state index contributed by atoms with van der Waals surface area (Å²) in [6.45, 7) is 7.31. The fourth-order valence-electron chi connectivity index (χ4n) is 2.19. The topological polar surface area (TPSA) is 62.5 Å². The Bertz CT molecular complexity index is 849. The minimum atomic E-state index is -4.34. The summed E-state index contributed by atoms with van der Waals surface area (Å²) in [5.41, 5.74) is 0.705. The molecule has 29 heavy (non-hydrogen) atoms. The summed E-state index contributed by atoms with van der Waals surface area (Å²) < 4.78 is 42.9. The lowest BCUT2D eigenvalue weighted by atomic mass is 10.1. The average molecular weight is 520 g/mol. The van der Waals surface area contributed by atoms with Crippen LogP contribution in [0, 0.1) is 11.8 Å². The van der Waals surface area contributed by atoms with Crippen LogP contribution in [0.3, 0.4) is 0 Å². The van der Waals surface area contributed by atoms with Crippen LogP contribution < -0.4 is 10.6 Å². The monoisotopic (exact) mass is 520 g/mol. The van der Waals surface area contributed by atoms with E-state index in [-0.39, 0.29) is 29.9 Å². The van der Waals surface area contributed by atoms with E-state index in [1.807, 2.05) is 26.8 Å². The summed E-state index contributed by atoms with van der Waals surface area (Å²) in [4.78, 5) is 4.41. The number of aliphatic imine (C=N–C) groups is 1. The van der Waals surface area contributed by atoms with Crippen molar-refractivity contribution in [3.8, 4) is 11.8 Å². The quantitative estimate of drug-likeness (QED) is 0.263. The molecule has 0 bridgehead atoms. The first-order valence-electron chi connectivity index (χ1n) is 8.93. The van der Waals surface area contributed by atoms with Gasteiger partial charge in [0, 0.05) is 18.2 Å². The number of nitrogens with one attached hydrogen (secondary N) is 2. The van der Waals surface area contributed by atoms with E-state index in [9.17, 15) is 13.2 Å². The van der Waals surface area contributed by atoms with E-state index in [0.29, 0.717) is 36.9 Å². The van der Waals surface area contributed by atoms with Gasteiger partial charge in [-0.25, -0.2) is 4.99 Å². The maximum atomic E-state index is 12.5. The molecule has 0 fully saturated rings. The second kappa shape index (κ2) is 11.7. The van der Waals surface area contributed by atoms with Gasteiger partial charge >= 0.3 is 6.18 Å². The Morgan fingerprint density at radius 2 is 1.90 bits per heavy atom. The van der Waals surface area contributed by atoms with Crippen molar-refractivity contribution < 1.29 is 17.7 Å². The molecule has 9 heteroatoms. The summed E-state index contributed by atoms with van der Waals surface area (Å²) in [5, 5.41) is 10.1. The number of aromatic nitrogens is 1. The standard InChI is InChI=1S/C20H23F3N4O.HI/c1-4-24-19(26-13-17-12-18(14(2)3)27-28-17)25-11-5-6-15-7-9-16(10-8-15)20(21,22)23;/h7-10,12,14H,4,11,13H2,1-3H3,(H2,24,25,26);1H. The Balaban J connectivity index is 0.00000420. The molecule has 0 aliphatic rings. The van der Waals surface area contributed by atoms with Crippen LogP contribution in [-0.4, -0.2) is 24.2 Å². The third-order valence-electron chi connectivity index (χ3n) is 3.70. The first-order chi connectivity index (χ1) is 13.3. The van der Waals surface area contributed by atoms with E-state index >= 15 is 0 Å². The zero-order valence-electron chi connectivity index (χ0n) is 16.4. The van der Waals surface area contributed by atoms with Gasteiger partial charge in [-0.3, -0.25) is 0 Å². The summed E-state index contributed by atoms with van der Waals surface area (Å²) in [6, 6.07) is 6.62. The molecular formula is C20H24F3IN4O. The number of hydrogen-bond acceptors (Lipinski definition) is 3. The highest BCUT2D eigenvalue weighted by Crippen LogP contribution is 2.28. The van der Waals surface area contributed by atoms with Crippen molar-refractivity contribution in [3.63, 3.8) is 0 Å². The summed E-state index contributed by atoms with van der Waals surface area (Å²) in [7, 11) is 0. The van der Waals surface area contributed by atoms with Gasteiger partial charge in [-0.15, -0.1) is 24.0 Å². The fraction of sp³-hybridized carbons (Fsp3) is 0.400. The normalized spacial score (nSPS) is 11.5. The van der Waals surface area contributed by atoms with Gasteiger partial charge in [-0.2, -0.15) is 13.2 Å². The smallest absolute Gasteiger partial charge is 0.359 e. The number of benzene rings is 1. The van der Waals surface area contributed by atoms with Crippen LogP contribution in [0.15, 0.2) is 39.8 Å². The van der Waals surface area contributed by atoms with Gasteiger partial charge in [-0.1, -0.05) is 30.8 Å². The number of nitrogens with zero attached hydrogens (tertiary/aromatic N) is 2. The number of guanidine groups is 1. The fourth-order valence-corrected chi connectivity index (χ4v) is 2.19. The Morgan fingerprint density at radius 1 is 1.21 bits per heavy atom. The molecule has 1 heterocycles. The molecule has 0 atom stereocenters. The summed E-state index contributed by atoms with van der Waals surface area (Å²) in [5.74, 6) is 7.20. The Hall–Kier alpha value is -2.22. The van der Waals surface area contributed by atoms with Crippen molar-refractivity contribution >= 4 is 29.9 Å². The van der Waals surface area contributed by atoms with Crippen LogP contribution in [0.5, 0.6) is 0 Å². The molecule has 1 aromatic heterocycles. The molecule has 0 saturated carbocycles. The van der Waals surface area contributed by atoms with E-state index in [1.165, 1.54) is 12.1 Å². The molecule has 0 aliphatic carbocycles. The van der Waals surface area contributed by atoms with Crippen molar-refractivity contribution in [3.05, 3.63) is 52.9 Å². The largest absolute Gasteiger partial charge is 0.416 e. The molecule has 2 N–H and O–H groups in total. The maximum absolute atomic E-state index is 12.5. The highest BCUT2D eigenvalue weighted by Gasteiger charge is 2.29. The average Bonchev–Trinajstić information content (AvgIpc) is 3.12. The van der Waals surface area contributed by atoms with E-state index in [0.717, 1.165) is 17.8 Å². The number of hydrogen-bond donors (Lipinski definition) is 2. The zero-order valence-corrected chi connectivity index (χ0v) is 18.8. The van der Waals surface area contributed by atoms with Crippen molar-refractivity contribution in [2.24, 2.45) is 4.99 Å². The molecule has 158 valence electrons. The van der Waals surface area contributed by atoms with E-state index < -0.39 is 11.7 Å². The first-order valence-corrected chi connectivity index (χ1v) is 8.93. The molecule has 0 aliphatic heterocycles. The van der Waals surface area contributed by atoms with Crippen LogP contribution in [0.2, 0.25) is 0 Å². The van der Waals surface area contributed by atoms with Gasteiger partial charge < -0.3 is 15.2 Å². The number of alkyl halides is 3. The van der Waals surface area contributed by atoms with Crippen molar-refractivity contribution in [1.82, 2.24) is 15.8 Å². The first kappa shape index (κ1) is 24.8. The van der Waals surface area contributed by atoms with Crippen molar-refractivity contribution in [2.75, 3.05) is 13.1 Å². The Morgan fingerprint density at radius 3 is 2.45 bits per heavy atom. The molecule has 0 spiro atoms.